The largest absolute Gasteiger partial charge is 0.506 e. The lowest BCUT2D eigenvalue weighted by molar-refractivity contribution is -0.143. The predicted molar refractivity (Wildman–Crippen MR) is 354 cm³/mol. The number of aryl methyl sites for hydroxylation is 3. The third-order valence-electron chi connectivity index (χ3n) is 14.3. The first-order valence-electron chi connectivity index (χ1n) is 30.0. The van der Waals surface area contributed by atoms with Crippen molar-refractivity contribution in [1.29, 1.82) is 0 Å². The number of carbonyl (C=O) groups excluding carboxylic acids is 3. The number of nitrogens with one attached hydrogen (secondary N) is 3. The number of unbranched alkanes of at least 4 members (excludes halogenated alkanes) is 11. The van der Waals surface area contributed by atoms with Gasteiger partial charge in [-0.2, -0.15) is 5.10 Å². The van der Waals surface area contributed by atoms with Gasteiger partial charge in [0.1, 0.15) is 35.4 Å². The van der Waals surface area contributed by atoms with Crippen LogP contribution in [0, 0.1) is 13.8 Å². The van der Waals surface area contributed by atoms with E-state index in [0.29, 0.717) is 63.3 Å². The van der Waals surface area contributed by atoms with E-state index in [-0.39, 0.29) is 46.6 Å². The number of esters is 1. The van der Waals surface area contributed by atoms with Gasteiger partial charge in [-0.3, -0.25) is 19.5 Å². The van der Waals surface area contributed by atoms with Gasteiger partial charge < -0.3 is 35.1 Å². The van der Waals surface area contributed by atoms with Crippen LogP contribution in [0.1, 0.15) is 143 Å². The Bertz CT molecular complexity index is 3390. The number of para-hydroxylation sites is 2. The van der Waals surface area contributed by atoms with Gasteiger partial charge in [-0.05, 0) is 117 Å². The Morgan fingerprint density at radius 1 is 0.747 bits per heavy atom. The number of phenolic OH excluding ortho intramolecular Hbond substituents is 1. The summed E-state index contributed by atoms with van der Waals surface area (Å²) in [5, 5.41) is 35.9. The summed E-state index contributed by atoms with van der Waals surface area (Å²) in [4.78, 5) is 41.9. The second-order valence-electron chi connectivity index (χ2n) is 21.5. The van der Waals surface area contributed by atoms with Crippen LogP contribution in [-0.4, -0.2) is 92.9 Å². The number of ether oxygens (including phenoxy) is 3. The van der Waals surface area contributed by atoms with E-state index in [9.17, 15) is 33.0 Å². The Morgan fingerprint density at radius 3 is 2.06 bits per heavy atom. The summed E-state index contributed by atoms with van der Waals surface area (Å²) in [6.07, 6.45) is 17.6. The molecular weight excluding hydrogens is 1200 g/mol. The van der Waals surface area contributed by atoms with Gasteiger partial charge in [-0.15, -0.1) is 11.8 Å². The van der Waals surface area contributed by atoms with Crippen molar-refractivity contribution in [3.05, 3.63) is 159 Å². The maximum Gasteiger partial charge on any atom is 0.319 e. The molecule has 0 radical (unpaired) electrons. The van der Waals surface area contributed by atoms with Crippen molar-refractivity contribution in [3.8, 4) is 17.2 Å². The minimum atomic E-state index is -3.33. The molecule has 1 saturated heterocycles. The lowest BCUT2D eigenvalue weighted by Crippen LogP contribution is -2.20. The lowest BCUT2D eigenvalue weighted by atomic mass is 10.0. The number of anilines is 2. The molecule has 1 fully saturated rings. The van der Waals surface area contributed by atoms with Crippen molar-refractivity contribution in [2.75, 3.05) is 35.4 Å². The minimum absolute atomic E-state index is 0.0106. The predicted octanol–water partition coefficient (Wildman–Crippen LogP) is 16.1. The fraction of sp³-hybridized carbons (Fsp3) is 0.418. The van der Waals surface area contributed by atoms with Crippen LogP contribution in [0.15, 0.2) is 132 Å². The Balaban J connectivity index is 0.000000234. The quantitative estimate of drug-likeness (QED) is 0.0161. The maximum absolute atomic E-state index is 13.5. The van der Waals surface area contributed by atoms with Gasteiger partial charge in [0.15, 0.2) is 15.0 Å². The molecule has 0 saturated carbocycles. The Kier molecular flexibility index (Phi) is 29.6. The van der Waals surface area contributed by atoms with Gasteiger partial charge in [0.05, 0.1) is 47.3 Å². The second kappa shape index (κ2) is 36.9. The van der Waals surface area contributed by atoms with Crippen LogP contribution >= 0.6 is 46.7 Å². The van der Waals surface area contributed by atoms with Crippen LogP contribution < -0.4 is 20.1 Å². The number of phenols is 1. The van der Waals surface area contributed by atoms with Gasteiger partial charge in [-0.25, -0.2) is 13.4 Å². The van der Waals surface area contributed by atoms with Gasteiger partial charge in [-0.1, -0.05) is 186 Å². The molecule has 5 N–H and O–H groups in total. The fourth-order valence-corrected chi connectivity index (χ4v) is 14.3. The number of aliphatic hydroxyl groups is 1. The number of aliphatic hydroxyl groups excluding tert-OH is 1. The molecule has 0 bridgehead atoms. The summed E-state index contributed by atoms with van der Waals surface area (Å²) in [6.45, 7) is 11.5. The molecule has 15 nitrogen and oxygen atoms in total. The van der Waals surface area contributed by atoms with Crippen LogP contribution in [0.2, 0.25) is 10.0 Å². The SMILES string of the molecule is CC(Sc1ncn[nH]1)C(=O)OCc1ccc(Cl)cc1.CCCCCCCCCCCCCCOc1ccccc1NC(=O)c1cc(SC2CS(=O)(=O)CC2O)c2ccccc2c1O.CCc1cc(NC(=O)CCCOc2ccc(C)cc2C)ccc1Cl. The smallest absolute Gasteiger partial charge is 0.319 e. The van der Waals surface area contributed by atoms with Gasteiger partial charge in [0, 0.05) is 32.4 Å². The minimum Gasteiger partial charge on any atom is -0.506 e. The fourth-order valence-electron chi connectivity index (χ4n) is 9.52. The van der Waals surface area contributed by atoms with Crippen molar-refractivity contribution < 1.29 is 47.2 Å². The molecule has 3 atom stereocenters. The first-order valence-corrected chi connectivity index (χ1v) is 34.3. The maximum atomic E-state index is 13.5. The average molecular weight is 1290 g/mol. The van der Waals surface area contributed by atoms with E-state index in [1.807, 2.05) is 86.6 Å². The Morgan fingerprint density at radius 2 is 1.40 bits per heavy atom. The molecule has 1 aromatic heterocycles. The number of hydrogen-bond acceptors (Lipinski definition) is 14. The molecule has 0 aliphatic carbocycles. The van der Waals surface area contributed by atoms with E-state index in [1.54, 1.807) is 43.3 Å². The van der Waals surface area contributed by atoms with E-state index in [2.05, 4.69) is 45.7 Å². The molecule has 468 valence electrons. The molecule has 8 rings (SSSR count). The zero-order valence-corrected chi connectivity index (χ0v) is 54.4. The molecule has 3 unspecified atom stereocenters. The number of rotatable bonds is 30. The van der Waals surface area contributed by atoms with Crippen molar-refractivity contribution in [2.24, 2.45) is 0 Å². The van der Waals surface area contributed by atoms with Crippen LogP contribution in [0.3, 0.4) is 0 Å². The highest BCUT2D eigenvalue weighted by molar-refractivity contribution is 8.02. The van der Waals surface area contributed by atoms with E-state index < -0.39 is 27.1 Å². The molecule has 1 aliphatic rings. The number of halogens is 2. The summed E-state index contributed by atoms with van der Waals surface area (Å²) < 4.78 is 41.2. The first kappa shape index (κ1) is 69.8. The van der Waals surface area contributed by atoms with Crippen LogP contribution in [-0.2, 0) is 37.2 Å². The average Bonchev–Trinajstić information content (AvgIpc) is 1.92. The van der Waals surface area contributed by atoms with E-state index in [4.69, 9.17) is 37.4 Å². The van der Waals surface area contributed by atoms with Crippen LogP contribution in [0.25, 0.3) is 10.8 Å². The third kappa shape index (κ3) is 24.0. The summed E-state index contributed by atoms with van der Waals surface area (Å²) >= 11 is 14.4. The second-order valence-corrected chi connectivity index (χ2v) is 27.1. The molecule has 1 aliphatic heterocycles. The topological polar surface area (TPSA) is 219 Å². The lowest BCUT2D eigenvalue weighted by Gasteiger charge is -2.17. The molecule has 2 heterocycles. The van der Waals surface area contributed by atoms with E-state index in [1.165, 1.54) is 99.6 Å². The van der Waals surface area contributed by atoms with E-state index >= 15 is 0 Å². The molecule has 7 aromatic rings. The summed E-state index contributed by atoms with van der Waals surface area (Å²) in [5.74, 6) is 0.0705. The van der Waals surface area contributed by atoms with Crippen molar-refractivity contribution >= 4 is 96.5 Å². The highest BCUT2D eigenvalue weighted by atomic mass is 35.5. The number of aromatic nitrogens is 3. The Hall–Kier alpha value is -6.28. The third-order valence-corrected chi connectivity index (χ3v) is 19.2. The van der Waals surface area contributed by atoms with Gasteiger partial charge >= 0.3 is 5.97 Å². The van der Waals surface area contributed by atoms with Crippen molar-refractivity contribution in [1.82, 2.24) is 15.2 Å². The number of hydrogen-bond donors (Lipinski definition) is 5. The number of H-pyrrole nitrogens is 1. The molecule has 87 heavy (non-hydrogen) atoms. The number of aromatic hydroxyl groups is 1. The monoisotopic (exact) mass is 1280 g/mol. The molecule has 2 amide bonds. The molecule has 6 aromatic carbocycles. The standard InChI is InChI=1S/C35H47NO6S2.C20H24ClNO2.C12H12ClN3O2S/c1-2-3-4-5-6-7-8-9-10-11-12-17-22-42-31-21-16-15-20-29(31)36-35(39)28-23-32(26-18-13-14-19-27(26)34(28)38)43-33-25-44(40,41)24-30(33)37;1-4-16-13-17(8-9-18(16)21)22-20(23)6-5-11-24-19-10-7-14(2)12-15(19)3;1-8(19-12-14-7-15-16-12)11(17)18-6-9-2-4-10(13)5-3-9/h13-16,18-21,23,30,33,37-38H,2-12,17,22,24-25H2,1H3,(H,36,39);7-10,12-13H,4-6,11H2,1-3H3,(H,22,23);2-5,7-8H,6H2,1H3,(H,14,15,16). The molecular formula is C67H83Cl2N5O10S3. The molecule has 20 heteroatoms. The summed E-state index contributed by atoms with van der Waals surface area (Å²) in [7, 11) is -3.33. The van der Waals surface area contributed by atoms with Gasteiger partial charge in [0.2, 0.25) is 5.91 Å². The number of nitrogens with zero attached hydrogens (tertiary/aromatic N) is 2. The van der Waals surface area contributed by atoms with Crippen LogP contribution in [0.4, 0.5) is 11.4 Å². The number of sulfone groups is 1. The highest BCUT2D eigenvalue weighted by Gasteiger charge is 2.37. The normalized spacial score (nSPS) is 14.4. The zero-order valence-electron chi connectivity index (χ0n) is 50.5. The number of thioether (sulfide) groups is 2. The van der Waals surface area contributed by atoms with Crippen LogP contribution in [0.5, 0.6) is 17.2 Å². The first-order chi connectivity index (χ1) is 41.9. The number of fused-ring (bicyclic) bond motifs is 1. The highest BCUT2D eigenvalue weighted by Crippen LogP contribution is 2.41. The number of aromatic amines is 1. The van der Waals surface area contributed by atoms with Crippen molar-refractivity contribution in [2.45, 2.75) is 164 Å². The van der Waals surface area contributed by atoms with E-state index in [0.717, 1.165) is 52.4 Å². The van der Waals surface area contributed by atoms with Gasteiger partial charge in [0.25, 0.3) is 5.91 Å². The summed E-state index contributed by atoms with van der Waals surface area (Å²) in [6, 6.07) is 34.8. The van der Waals surface area contributed by atoms with Crippen molar-refractivity contribution in [3.63, 3.8) is 0 Å². The number of amides is 2. The number of carbonyl (C=O) groups is 3. The molecule has 0 spiro atoms. The summed E-state index contributed by atoms with van der Waals surface area (Å²) in [5.41, 5.74) is 5.63. The number of benzene rings is 6. The Labute approximate surface area is 531 Å². The zero-order chi connectivity index (χ0) is 62.6.